The molecule has 57 heavy (non-hydrogen) atoms. The molecule has 13 heteroatoms. The topological polar surface area (TPSA) is 108 Å². The number of para-hydroxylation sites is 1. The van der Waals surface area contributed by atoms with Crippen LogP contribution in [-0.2, 0) is 16.1 Å². The van der Waals surface area contributed by atoms with E-state index in [0.29, 0.717) is 46.8 Å². The van der Waals surface area contributed by atoms with Gasteiger partial charge in [-0.25, -0.2) is 0 Å². The Kier molecular flexibility index (Phi) is 15.7. The molecule has 302 valence electrons. The lowest BCUT2D eigenvalue weighted by molar-refractivity contribution is -0.119. The van der Waals surface area contributed by atoms with Gasteiger partial charge in [0.05, 0.1) is 18.9 Å². The molecule has 0 radical (unpaired) electrons. The Morgan fingerprint density at radius 1 is 0.930 bits per heavy atom. The minimum Gasteiger partial charge on any atom is -0.493 e. The van der Waals surface area contributed by atoms with Crippen LogP contribution in [0.15, 0.2) is 71.7 Å². The summed E-state index contributed by atoms with van der Waals surface area (Å²) in [5.41, 5.74) is 5.49. The van der Waals surface area contributed by atoms with Gasteiger partial charge in [-0.1, -0.05) is 69.6 Å². The molecule has 2 aliphatic heterocycles. The predicted molar refractivity (Wildman–Crippen MR) is 230 cm³/mol. The van der Waals surface area contributed by atoms with Crippen molar-refractivity contribution < 1.29 is 23.8 Å². The molecule has 0 saturated heterocycles. The van der Waals surface area contributed by atoms with Crippen LogP contribution >= 0.6 is 34.5 Å². The summed E-state index contributed by atoms with van der Waals surface area (Å²) in [6.07, 6.45) is 2.97. The Labute approximate surface area is 349 Å². The smallest absolute Gasteiger partial charge is 0.242 e. The highest BCUT2D eigenvalue weighted by molar-refractivity contribution is 7.15. The monoisotopic (exact) mass is 831 g/mol. The Balaban J connectivity index is 0.00000150. The van der Waals surface area contributed by atoms with Gasteiger partial charge >= 0.3 is 0 Å². The molecule has 0 spiro atoms. The molecular formula is C44H51Cl2N5O5S. The van der Waals surface area contributed by atoms with Crippen molar-refractivity contribution >= 4 is 57.6 Å². The second-order valence-corrected chi connectivity index (χ2v) is 15.0. The van der Waals surface area contributed by atoms with Gasteiger partial charge in [0.15, 0.2) is 17.3 Å². The van der Waals surface area contributed by atoms with E-state index in [2.05, 4.69) is 28.6 Å². The number of benzene rings is 3. The first kappa shape index (κ1) is 43.4. The number of thiophene rings is 1. The van der Waals surface area contributed by atoms with Crippen molar-refractivity contribution in [2.45, 2.75) is 93.2 Å². The van der Waals surface area contributed by atoms with Crippen LogP contribution in [0.2, 0.25) is 5.02 Å². The van der Waals surface area contributed by atoms with Crippen molar-refractivity contribution in [1.29, 1.82) is 0 Å². The first-order chi connectivity index (χ1) is 27.7. The highest BCUT2D eigenvalue weighted by Gasteiger charge is 2.32. The lowest BCUT2D eigenvalue weighted by atomic mass is 9.99. The number of carbonyl (C=O) groups is 2. The van der Waals surface area contributed by atoms with E-state index >= 15 is 0 Å². The molecule has 10 nitrogen and oxygen atoms in total. The maximum Gasteiger partial charge on any atom is 0.242 e. The van der Waals surface area contributed by atoms with Crippen LogP contribution in [0.25, 0.3) is 5.00 Å². The average molecular weight is 833 g/mol. The number of unbranched alkanes of at least 4 members (excludes halogenated alkanes) is 2. The molecular weight excluding hydrogens is 781 g/mol. The zero-order valence-electron chi connectivity index (χ0n) is 33.7. The first-order valence-electron chi connectivity index (χ1n) is 19.6. The van der Waals surface area contributed by atoms with Crippen molar-refractivity contribution in [1.82, 2.24) is 14.8 Å². The number of amides is 1. The maximum absolute atomic E-state index is 13.5. The summed E-state index contributed by atoms with van der Waals surface area (Å²) in [5.74, 6) is 3.08. The fourth-order valence-corrected chi connectivity index (χ4v) is 8.11. The minimum atomic E-state index is -0.476. The molecule has 0 bridgehead atoms. The number of nitrogens with zero attached hydrogens (tertiary/aromatic N) is 5. The standard InChI is InChI=1S/C40H39Cl2N5O5S.2C2H6/c1-24-25(2)53-40-37(24)38(27-12-14-29(42)15-13-27)43-32(39-45-44-26(3)47(39)40)20-31(48)10-5-4-8-18-50-33-11-7-6-9-28(33)22-46(36(49)21-41)30-16-17-34-35(19-30)52-23-51-34;2*1-2/h6-7,9,11-17,19,32H,4-5,8,10,18,20-23H2,1-3H3;2*1-2H3/t32-;;/m0../s1. The minimum absolute atomic E-state index is 0.124. The quantitative estimate of drug-likeness (QED) is 0.0810. The molecule has 1 atom stereocenters. The van der Waals surface area contributed by atoms with E-state index in [1.165, 1.54) is 4.88 Å². The molecule has 0 fully saturated rings. The Hall–Kier alpha value is -4.71. The number of halogens is 2. The Bertz CT molecular complexity index is 2180. The number of ether oxygens (including phenoxy) is 3. The largest absolute Gasteiger partial charge is 0.493 e. The number of fused-ring (bicyclic) bond motifs is 4. The number of ketones is 1. The zero-order valence-corrected chi connectivity index (χ0v) is 36.1. The lowest BCUT2D eigenvalue weighted by Crippen LogP contribution is -2.31. The SMILES string of the molecule is CC.CC.Cc1sc2c(c1C)C(c1ccc(Cl)cc1)=N[C@@H](CC(=O)CCCCCOc1ccccc1CN(C(=O)CCl)c1ccc3c(c1)OCO3)c1nnc(C)n1-2. The van der Waals surface area contributed by atoms with E-state index in [4.69, 9.17) is 42.4 Å². The molecule has 0 N–H and O–H groups in total. The number of carbonyl (C=O) groups excluding carboxylic acids is 2. The molecule has 1 amide bonds. The third kappa shape index (κ3) is 10.1. The maximum atomic E-state index is 13.5. The average Bonchev–Trinajstić information content (AvgIpc) is 3.92. The summed E-state index contributed by atoms with van der Waals surface area (Å²) in [7, 11) is 0. The van der Waals surface area contributed by atoms with E-state index in [-0.39, 0.29) is 37.3 Å². The van der Waals surface area contributed by atoms with Gasteiger partial charge < -0.3 is 19.1 Å². The van der Waals surface area contributed by atoms with Crippen molar-refractivity contribution in [3.63, 3.8) is 0 Å². The number of anilines is 1. The van der Waals surface area contributed by atoms with E-state index in [9.17, 15) is 9.59 Å². The van der Waals surface area contributed by atoms with Gasteiger partial charge in [0.25, 0.3) is 0 Å². The molecule has 0 saturated carbocycles. The van der Waals surface area contributed by atoms with Gasteiger partial charge in [-0.15, -0.1) is 33.1 Å². The van der Waals surface area contributed by atoms with Crippen LogP contribution < -0.4 is 19.1 Å². The zero-order chi connectivity index (χ0) is 41.1. The number of hydrogen-bond donors (Lipinski definition) is 0. The molecule has 5 aromatic rings. The van der Waals surface area contributed by atoms with Crippen LogP contribution in [0, 0.1) is 20.8 Å². The summed E-state index contributed by atoms with van der Waals surface area (Å²) in [4.78, 5) is 34.4. The molecule has 0 aliphatic carbocycles. The molecule has 3 aromatic carbocycles. The van der Waals surface area contributed by atoms with Crippen molar-refractivity contribution in [3.8, 4) is 22.2 Å². The highest BCUT2D eigenvalue weighted by atomic mass is 35.5. The Morgan fingerprint density at radius 2 is 1.67 bits per heavy atom. The summed E-state index contributed by atoms with van der Waals surface area (Å²) in [6, 6.07) is 20.3. The number of aliphatic imine (C=N–C) groups is 1. The summed E-state index contributed by atoms with van der Waals surface area (Å²) >= 11 is 13.9. The fourth-order valence-electron chi connectivity index (χ4n) is 6.63. The summed E-state index contributed by atoms with van der Waals surface area (Å²) < 4.78 is 19.2. The van der Waals surface area contributed by atoms with E-state index < -0.39 is 6.04 Å². The normalized spacial score (nSPS) is 13.5. The second-order valence-electron chi connectivity index (χ2n) is 13.1. The Morgan fingerprint density at radius 3 is 2.42 bits per heavy atom. The van der Waals surface area contributed by atoms with Crippen molar-refractivity contribution in [2.24, 2.45) is 4.99 Å². The third-order valence-corrected chi connectivity index (χ3v) is 11.2. The van der Waals surface area contributed by atoms with Crippen molar-refractivity contribution in [2.75, 3.05) is 24.2 Å². The van der Waals surface area contributed by atoms with E-state index in [0.717, 1.165) is 58.1 Å². The summed E-state index contributed by atoms with van der Waals surface area (Å²) in [6.45, 7) is 15.1. The van der Waals surface area contributed by atoms with Crippen LogP contribution in [0.3, 0.4) is 0 Å². The number of alkyl halides is 1. The van der Waals surface area contributed by atoms with E-state index in [1.54, 1.807) is 28.4 Å². The van der Waals surface area contributed by atoms with Crippen molar-refractivity contribution in [3.05, 3.63) is 111 Å². The van der Waals surface area contributed by atoms with Crippen LogP contribution in [-0.4, -0.2) is 51.4 Å². The van der Waals surface area contributed by atoms with Gasteiger partial charge in [0, 0.05) is 51.2 Å². The molecule has 0 unspecified atom stereocenters. The van der Waals surface area contributed by atoms with Gasteiger partial charge in [-0.3, -0.25) is 19.1 Å². The van der Waals surface area contributed by atoms with Gasteiger partial charge in [0.2, 0.25) is 12.7 Å². The molecule has 7 rings (SSSR count). The lowest BCUT2D eigenvalue weighted by Gasteiger charge is -2.23. The first-order valence-corrected chi connectivity index (χ1v) is 21.3. The number of hydrogen-bond acceptors (Lipinski definition) is 9. The second kappa shape index (κ2) is 20.6. The highest BCUT2D eigenvalue weighted by Crippen LogP contribution is 2.40. The molecule has 2 aromatic heterocycles. The van der Waals surface area contributed by atoms with Gasteiger partial charge in [-0.05, 0) is 75.9 Å². The van der Waals surface area contributed by atoms with Crippen LogP contribution in [0.5, 0.6) is 17.2 Å². The molecule has 4 heterocycles. The number of rotatable bonds is 14. The third-order valence-electron chi connectivity index (χ3n) is 9.52. The van der Waals surface area contributed by atoms with Gasteiger partial charge in [0.1, 0.15) is 34.3 Å². The molecule has 2 aliphatic rings. The van der Waals surface area contributed by atoms with Crippen LogP contribution in [0.4, 0.5) is 5.69 Å². The summed E-state index contributed by atoms with van der Waals surface area (Å²) in [5, 5.41) is 10.6. The van der Waals surface area contributed by atoms with E-state index in [1.807, 2.05) is 89.2 Å². The van der Waals surface area contributed by atoms with Crippen LogP contribution in [0.1, 0.15) is 105 Å². The number of aryl methyl sites for hydroxylation is 2. The number of Topliss-reactive ketones (excluding diaryl/α,β-unsaturated/α-hetero) is 1. The predicted octanol–water partition coefficient (Wildman–Crippen LogP) is 11.0. The number of aromatic nitrogens is 3. The fraction of sp³-hybridized carbons (Fsp3) is 0.386. The van der Waals surface area contributed by atoms with Gasteiger partial charge in [-0.2, -0.15) is 0 Å².